The zero-order valence-electron chi connectivity index (χ0n) is 11.8. The molecule has 1 N–H and O–H groups in total. The molecule has 1 amide bonds. The minimum atomic E-state index is -4.42. The second-order valence-electron chi connectivity index (χ2n) is 4.71. The van der Waals surface area contributed by atoms with E-state index in [1.54, 1.807) is 6.07 Å². The fraction of sp³-hybridized carbons (Fsp3) is 0.188. The van der Waals surface area contributed by atoms with Crippen molar-refractivity contribution in [2.45, 2.75) is 23.9 Å². The van der Waals surface area contributed by atoms with Gasteiger partial charge in [0.1, 0.15) is 0 Å². The Labute approximate surface area is 130 Å². The van der Waals surface area contributed by atoms with E-state index in [1.165, 1.54) is 18.2 Å². The van der Waals surface area contributed by atoms with Gasteiger partial charge in [-0.15, -0.1) is 0 Å². The van der Waals surface area contributed by atoms with Gasteiger partial charge >= 0.3 is 5.51 Å². The summed E-state index contributed by atoms with van der Waals surface area (Å²) < 4.78 is 37.5. The highest BCUT2D eigenvalue weighted by molar-refractivity contribution is 8.00. The van der Waals surface area contributed by atoms with Crippen molar-refractivity contribution in [3.05, 3.63) is 65.2 Å². The fourth-order valence-corrected chi connectivity index (χ4v) is 2.52. The molecule has 0 aliphatic rings. The number of thioether (sulfide) groups is 1. The number of rotatable bonds is 4. The van der Waals surface area contributed by atoms with Crippen LogP contribution in [0.4, 0.5) is 13.2 Å². The molecular formula is C16H14F3NOS. The number of amides is 1. The molecule has 0 aliphatic carbocycles. The predicted octanol–water partition coefficient (Wildman–Crippen LogP) is 4.54. The topological polar surface area (TPSA) is 29.1 Å². The number of halogens is 3. The van der Waals surface area contributed by atoms with Crippen LogP contribution >= 0.6 is 11.8 Å². The molecule has 6 heteroatoms. The second-order valence-corrected chi connectivity index (χ2v) is 5.82. The zero-order chi connectivity index (χ0) is 16.2. The largest absolute Gasteiger partial charge is 0.446 e. The first kappa shape index (κ1) is 16.4. The summed E-state index contributed by atoms with van der Waals surface area (Å²) >= 11 is -0.282. The molecule has 0 saturated carbocycles. The molecule has 22 heavy (non-hydrogen) atoms. The Morgan fingerprint density at radius 1 is 1.09 bits per heavy atom. The first-order chi connectivity index (χ1) is 10.3. The minimum absolute atomic E-state index is 0.0249. The van der Waals surface area contributed by atoms with Crippen LogP contribution < -0.4 is 5.32 Å². The third-order valence-corrected chi connectivity index (χ3v) is 3.74. The molecule has 2 aromatic rings. The molecule has 0 heterocycles. The van der Waals surface area contributed by atoms with Crippen LogP contribution in [0.5, 0.6) is 0 Å². The van der Waals surface area contributed by atoms with Gasteiger partial charge in [-0.3, -0.25) is 4.79 Å². The van der Waals surface area contributed by atoms with Gasteiger partial charge in [0, 0.05) is 11.4 Å². The van der Waals surface area contributed by atoms with Gasteiger partial charge in [0.2, 0.25) is 0 Å². The first-order valence-corrected chi connectivity index (χ1v) is 7.35. The summed E-state index contributed by atoms with van der Waals surface area (Å²) in [4.78, 5) is 12.0. The molecule has 2 aromatic carbocycles. The maximum absolute atomic E-state index is 12.5. The molecule has 0 saturated heterocycles. The number of hydrogen-bond acceptors (Lipinski definition) is 2. The number of nitrogens with one attached hydrogen (secondary N) is 1. The van der Waals surface area contributed by atoms with Gasteiger partial charge in [0.05, 0.1) is 5.56 Å². The molecule has 0 aliphatic heterocycles. The van der Waals surface area contributed by atoms with E-state index in [1.807, 2.05) is 31.2 Å². The van der Waals surface area contributed by atoms with E-state index >= 15 is 0 Å². The molecule has 0 atom stereocenters. The molecule has 0 bridgehead atoms. The standard InChI is InChI=1S/C16H14F3NOS/c1-11-6-8-12(9-7-11)10-20-15(21)13-4-2-3-5-14(13)22-16(17,18)19/h2-9H,10H2,1H3,(H,20,21). The summed E-state index contributed by atoms with van der Waals surface area (Å²) in [5.74, 6) is -0.520. The van der Waals surface area contributed by atoms with Gasteiger partial charge in [0.25, 0.3) is 5.91 Å². The van der Waals surface area contributed by atoms with Crippen LogP contribution in [0.2, 0.25) is 0 Å². The average molecular weight is 325 g/mol. The summed E-state index contributed by atoms with van der Waals surface area (Å²) in [6, 6.07) is 13.3. The van der Waals surface area contributed by atoms with Crippen molar-refractivity contribution in [2.75, 3.05) is 0 Å². The Hall–Kier alpha value is -1.95. The van der Waals surface area contributed by atoms with Crippen LogP contribution in [-0.4, -0.2) is 11.4 Å². The lowest BCUT2D eigenvalue weighted by Crippen LogP contribution is -2.23. The maximum Gasteiger partial charge on any atom is 0.446 e. The number of alkyl halides is 3. The second kappa shape index (κ2) is 6.87. The lowest BCUT2D eigenvalue weighted by Gasteiger charge is -2.11. The Bertz CT molecular complexity index is 653. The van der Waals surface area contributed by atoms with Gasteiger partial charge in [-0.05, 0) is 36.4 Å². The Morgan fingerprint density at radius 2 is 1.73 bits per heavy atom. The SMILES string of the molecule is Cc1ccc(CNC(=O)c2ccccc2SC(F)(F)F)cc1. The van der Waals surface area contributed by atoms with E-state index < -0.39 is 11.4 Å². The van der Waals surface area contributed by atoms with Crippen LogP contribution in [0.15, 0.2) is 53.4 Å². The van der Waals surface area contributed by atoms with Crippen LogP contribution in [0.1, 0.15) is 21.5 Å². The van der Waals surface area contributed by atoms with Crippen molar-refractivity contribution in [3.63, 3.8) is 0 Å². The van der Waals surface area contributed by atoms with Crippen LogP contribution in [0.3, 0.4) is 0 Å². The highest BCUT2D eigenvalue weighted by Crippen LogP contribution is 2.38. The van der Waals surface area contributed by atoms with E-state index in [9.17, 15) is 18.0 Å². The fourth-order valence-electron chi connectivity index (χ4n) is 1.85. The lowest BCUT2D eigenvalue weighted by molar-refractivity contribution is -0.0328. The number of carbonyl (C=O) groups excluding carboxylic acids is 1. The van der Waals surface area contributed by atoms with E-state index in [4.69, 9.17) is 0 Å². The van der Waals surface area contributed by atoms with E-state index in [2.05, 4.69) is 5.32 Å². The molecule has 2 rings (SSSR count). The van der Waals surface area contributed by atoms with E-state index in [0.29, 0.717) is 0 Å². The number of carbonyl (C=O) groups is 1. The summed E-state index contributed by atoms with van der Waals surface area (Å²) in [6.07, 6.45) is 0. The molecular weight excluding hydrogens is 311 g/mol. The minimum Gasteiger partial charge on any atom is -0.348 e. The van der Waals surface area contributed by atoms with Crippen molar-refractivity contribution in [2.24, 2.45) is 0 Å². The Morgan fingerprint density at radius 3 is 2.36 bits per heavy atom. The van der Waals surface area contributed by atoms with Gasteiger partial charge in [0.15, 0.2) is 0 Å². The number of hydrogen-bond donors (Lipinski definition) is 1. The number of aryl methyl sites for hydroxylation is 1. The monoisotopic (exact) mass is 325 g/mol. The number of benzene rings is 2. The normalized spacial score (nSPS) is 11.3. The summed E-state index contributed by atoms with van der Waals surface area (Å²) in [5.41, 5.74) is -2.41. The van der Waals surface area contributed by atoms with Crippen molar-refractivity contribution < 1.29 is 18.0 Å². The predicted molar refractivity (Wildman–Crippen MR) is 80.7 cm³/mol. The summed E-state index contributed by atoms with van der Waals surface area (Å²) in [6.45, 7) is 2.22. The summed E-state index contributed by atoms with van der Waals surface area (Å²) in [7, 11) is 0. The van der Waals surface area contributed by atoms with E-state index in [-0.39, 0.29) is 28.8 Å². The lowest BCUT2D eigenvalue weighted by atomic mass is 10.1. The van der Waals surface area contributed by atoms with Crippen LogP contribution in [0, 0.1) is 6.92 Å². The van der Waals surface area contributed by atoms with E-state index in [0.717, 1.165) is 11.1 Å². The molecule has 116 valence electrons. The quantitative estimate of drug-likeness (QED) is 0.836. The zero-order valence-corrected chi connectivity index (χ0v) is 12.6. The van der Waals surface area contributed by atoms with Crippen molar-refractivity contribution in [3.8, 4) is 0 Å². The first-order valence-electron chi connectivity index (χ1n) is 6.54. The highest BCUT2D eigenvalue weighted by atomic mass is 32.2. The maximum atomic E-state index is 12.5. The molecule has 0 fully saturated rings. The average Bonchev–Trinajstić information content (AvgIpc) is 2.45. The molecule has 0 radical (unpaired) electrons. The Balaban J connectivity index is 2.08. The van der Waals surface area contributed by atoms with Crippen molar-refractivity contribution in [1.29, 1.82) is 0 Å². The molecule has 0 spiro atoms. The third kappa shape index (κ3) is 4.80. The summed E-state index contributed by atoms with van der Waals surface area (Å²) in [5, 5.41) is 2.64. The van der Waals surface area contributed by atoms with Crippen LogP contribution in [0.25, 0.3) is 0 Å². The third-order valence-electron chi connectivity index (χ3n) is 2.93. The smallest absolute Gasteiger partial charge is 0.348 e. The van der Waals surface area contributed by atoms with Crippen molar-refractivity contribution >= 4 is 17.7 Å². The molecule has 2 nitrogen and oxygen atoms in total. The van der Waals surface area contributed by atoms with Gasteiger partial charge in [-0.2, -0.15) is 13.2 Å². The highest BCUT2D eigenvalue weighted by Gasteiger charge is 2.31. The Kier molecular flexibility index (Phi) is 5.13. The van der Waals surface area contributed by atoms with Gasteiger partial charge < -0.3 is 5.32 Å². The van der Waals surface area contributed by atoms with Crippen LogP contribution in [-0.2, 0) is 6.54 Å². The van der Waals surface area contributed by atoms with Crippen molar-refractivity contribution in [1.82, 2.24) is 5.32 Å². The molecule has 0 unspecified atom stereocenters. The van der Waals surface area contributed by atoms with Gasteiger partial charge in [-0.1, -0.05) is 42.0 Å². The molecule has 0 aromatic heterocycles. The van der Waals surface area contributed by atoms with Gasteiger partial charge in [-0.25, -0.2) is 0 Å².